The third kappa shape index (κ3) is 4.24. The molecule has 1 aromatic rings. The van der Waals surface area contributed by atoms with E-state index in [1.807, 2.05) is 0 Å². The Morgan fingerprint density at radius 2 is 1.95 bits per heavy atom. The predicted octanol–water partition coefficient (Wildman–Crippen LogP) is 1.68. The minimum Gasteiger partial charge on any atom is -0.224 e. The lowest BCUT2D eigenvalue weighted by Gasteiger charge is -2.12. The van der Waals surface area contributed by atoms with Crippen LogP contribution >= 0.6 is 15.9 Å². The second-order valence-corrected chi connectivity index (χ2v) is 10.00. The summed E-state index contributed by atoms with van der Waals surface area (Å²) in [7, 11) is -7.70. The van der Waals surface area contributed by atoms with Crippen molar-refractivity contribution in [1.82, 2.24) is 4.72 Å². The van der Waals surface area contributed by atoms with Crippen molar-refractivity contribution in [3.05, 3.63) is 24.0 Å². The standard InChI is InChI=1S/C12H15BrFNO4S2/c1-20(16,17)9-4-5-11(14)12(6-9)21(18,19)15-7-10(13)8-2-3-8/h4-6,8,10,15H,2-3,7H2,1H3. The Kier molecular flexibility index (Phi) is 4.77. The zero-order valence-corrected chi connectivity index (χ0v) is 14.4. The van der Waals surface area contributed by atoms with E-state index in [-0.39, 0.29) is 16.3 Å². The van der Waals surface area contributed by atoms with E-state index in [1.54, 1.807) is 0 Å². The largest absolute Gasteiger partial charge is 0.243 e. The summed E-state index contributed by atoms with van der Waals surface area (Å²) in [6.45, 7) is 0.134. The van der Waals surface area contributed by atoms with Crippen LogP contribution in [0.1, 0.15) is 12.8 Å². The summed E-state index contributed by atoms with van der Waals surface area (Å²) in [5, 5.41) is 0. The smallest absolute Gasteiger partial charge is 0.224 e. The van der Waals surface area contributed by atoms with E-state index in [0.29, 0.717) is 5.92 Å². The van der Waals surface area contributed by atoms with Gasteiger partial charge in [0, 0.05) is 17.6 Å². The highest BCUT2D eigenvalue weighted by Gasteiger charge is 2.31. The van der Waals surface area contributed by atoms with E-state index in [2.05, 4.69) is 20.7 Å². The molecule has 0 bridgehead atoms. The second-order valence-electron chi connectivity index (χ2n) is 5.07. The fraction of sp³-hybridized carbons (Fsp3) is 0.500. The van der Waals surface area contributed by atoms with Gasteiger partial charge in [0.25, 0.3) is 0 Å². The Bertz CT molecular complexity index is 745. The summed E-state index contributed by atoms with van der Waals surface area (Å²) in [5.74, 6) is -0.549. The van der Waals surface area contributed by atoms with E-state index < -0.39 is 30.6 Å². The van der Waals surface area contributed by atoms with Crippen molar-refractivity contribution in [1.29, 1.82) is 0 Å². The van der Waals surface area contributed by atoms with E-state index in [9.17, 15) is 21.2 Å². The van der Waals surface area contributed by atoms with Gasteiger partial charge in [-0.25, -0.2) is 25.9 Å². The Hall–Kier alpha value is -0.510. The first-order valence-corrected chi connectivity index (χ1v) is 10.5. The fourth-order valence-corrected chi connectivity index (χ4v) is 4.60. The number of rotatable bonds is 6. The van der Waals surface area contributed by atoms with Gasteiger partial charge in [-0.3, -0.25) is 0 Å². The van der Waals surface area contributed by atoms with Crippen LogP contribution in [0.3, 0.4) is 0 Å². The number of sulfonamides is 1. The van der Waals surface area contributed by atoms with Gasteiger partial charge in [-0.1, -0.05) is 15.9 Å². The van der Waals surface area contributed by atoms with Crippen molar-refractivity contribution in [3.63, 3.8) is 0 Å². The van der Waals surface area contributed by atoms with Crippen molar-refractivity contribution in [2.24, 2.45) is 5.92 Å². The summed E-state index contributed by atoms with van der Waals surface area (Å²) < 4.78 is 63.1. The molecule has 1 unspecified atom stereocenters. The van der Waals surface area contributed by atoms with Crippen LogP contribution in [0.4, 0.5) is 4.39 Å². The van der Waals surface area contributed by atoms with E-state index in [0.717, 1.165) is 37.3 Å². The molecule has 2 rings (SSSR count). The molecule has 1 aromatic carbocycles. The number of benzene rings is 1. The maximum absolute atomic E-state index is 13.7. The van der Waals surface area contributed by atoms with E-state index >= 15 is 0 Å². The zero-order chi connectivity index (χ0) is 15.8. The lowest BCUT2D eigenvalue weighted by molar-refractivity contribution is 0.553. The van der Waals surface area contributed by atoms with Crippen LogP contribution in [-0.2, 0) is 19.9 Å². The van der Waals surface area contributed by atoms with Crippen LogP contribution in [0.25, 0.3) is 0 Å². The SMILES string of the molecule is CS(=O)(=O)c1ccc(F)c(S(=O)(=O)NCC(Br)C2CC2)c1. The summed E-state index contributed by atoms with van der Waals surface area (Å²) in [5.41, 5.74) is 0. The second kappa shape index (κ2) is 5.94. The Balaban J connectivity index is 2.26. The van der Waals surface area contributed by atoms with Crippen molar-refractivity contribution < 1.29 is 21.2 Å². The molecule has 0 amide bonds. The third-order valence-electron chi connectivity index (χ3n) is 3.22. The first-order chi connectivity index (χ1) is 9.61. The van der Waals surface area contributed by atoms with Crippen LogP contribution in [0.15, 0.2) is 28.0 Å². The molecule has 118 valence electrons. The summed E-state index contributed by atoms with van der Waals surface area (Å²) in [6, 6.07) is 2.73. The molecule has 0 radical (unpaired) electrons. The van der Waals surface area contributed by atoms with Crippen molar-refractivity contribution in [3.8, 4) is 0 Å². The zero-order valence-electron chi connectivity index (χ0n) is 11.2. The summed E-state index contributed by atoms with van der Waals surface area (Å²) in [4.78, 5) is -0.892. The molecule has 5 nitrogen and oxygen atoms in total. The van der Waals surface area contributed by atoms with Crippen LogP contribution in [-0.4, -0.2) is 34.5 Å². The molecule has 1 saturated carbocycles. The first-order valence-electron chi connectivity index (χ1n) is 6.24. The first kappa shape index (κ1) is 16.9. The highest BCUT2D eigenvalue weighted by molar-refractivity contribution is 9.09. The lowest BCUT2D eigenvalue weighted by Crippen LogP contribution is -2.31. The lowest BCUT2D eigenvalue weighted by atomic mass is 10.3. The quantitative estimate of drug-likeness (QED) is 0.582. The van der Waals surface area contributed by atoms with Gasteiger partial charge in [0.1, 0.15) is 10.7 Å². The molecule has 9 heteroatoms. The number of hydrogen-bond donors (Lipinski definition) is 1. The molecular weight excluding hydrogens is 385 g/mol. The van der Waals surface area contributed by atoms with Crippen LogP contribution in [0.5, 0.6) is 0 Å². The molecule has 1 atom stereocenters. The number of hydrogen-bond acceptors (Lipinski definition) is 4. The molecule has 1 aliphatic rings. The third-order valence-corrected chi connectivity index (χ3v) is 6.84. The highest BCUT2D eigenvalue weighted by Crippen LogP contribution is 2.36. The average molecular weight is 400 g/mol. The van der Waals surface area contributed by atoms with Crippen molar-refractivity contribution in [2.75, 3.05) is 12.8 Å². The van der Waals surface area contributed by atoms with Gasteiger partial charge >= 0.3 is 0 Å². The minimum atomic E-state index is -4.09. The number of nitrogens with one attached hydrogen (secondary N) is 1. The number of halogens is 2. The maximum atomic E-state index is 13.7. The summed E-state index contributed by atoms with van der Waals surface area (Å²) in [6.07, 6.45) is 3.01. The minimum absolute atomic E-state index is 0.00609. The molecule has 0 heterocycles. The van der Waals surface area contributed by atoms with E-state index in [4.69, 9.17) is 0 Å². The molecule has 21 heavy (non-hydrogen) atoms. The van der Waals surface area contributed by atoms with Gasteiger partial charge < -0.3 is 0 Å². The van der Waals surface area contributed by atoms with Crippen molar-refractivity contribution in [2.45, 2.75) is 27.5 Å². The van der Waals surface area contributed by atoms with Crippen LogP contribution < -0.4 is 4.72 Å². The van der Waals surface area contributed by atoms with Gasteiger partial charge in [-0.15, -0.1) is 0 Å². The fourth-order valence-electron chi connectivity index (χ4n) is 1.81. The maximum Gasteiger partial charge on any atom is 0.243 e. The Morgan fingerprint density at radius 1 is 1.33 bits per heavy atom. The highest BCUT2D eigenvalue weighted by atomic mass is 79.9. The van der Waals surface area contributed by atoms with Crippen LogP contribution in [0.2, 0.25) is 0 Å². The van der Waals surface area contributed by atoms with Gasteiger partial charge in [0.2, 0.25) is 10.0 Å². The monoisotopic (exact) mass is 399 g/mol. The predicted molar refractivity (Wildman–Crippen MR) is 80.1 cm³/mol. The van der Waals surface area contributed by atoms with Gasteiger partial charge in [-0.2, -0.15) is 0 Å². The van der Waals surface area contributed by atoms with Crippen molar-refractivity contribution >= 4 is 35.8 Å². The Labute approximate surface area is 132 Å². The normalized spacial score (nSPS) is 17.7. The molecule has 0 saturated heterocycles. The molecule has 0 aliphatic heterocycles. The number of alkyl halides is 1. The summed E-state index contributed by atoms with van der Waals surface area (Å²) >= 11 is 3.38. The van der Waals surface area contributed by atoms with E-state index in [1.165, 1.54) is 0 Å². The van der Waals surface area contributed by atoms with Crippen LogP contribution in [0, 0.1) is 11.7 Å². The molecule has 1 aliphatic carbocycles. The van der Waals surface area contributed by atoms with Gasteiger partial charge in [-0.05, 0) is 37.0 Å². The number of sulfone groups is 1. The van der Waals surface area contributed by atoms with Gasteiger partial charge in [0.15, 0.2) is 9.84 Å². The van der Waals surface area contributed by atoms with Gasteiger partial charge in [0.05, 0.1) is 4.90 Å². The molecular formula is C12H15BrFNO4S2. The Morgan fingerprint density at radius 3 is 2.48 bits per heavy atom. The molecule has 1 N–H and O–H groups in total. The average Bonchev–Trinajstić information content (AvgIpc) is 3.19. The molecule has 0 spiro atoms. The molecule has 1 fully saturated rings. The molecule has 0 aromatic heterocycles. The topological polar surface area (TPSA) is 80.3 Å².